The highest BCUT2D eigenvalue weighted by Crippen LogP contribution is 2.25. The molecule has 2 aromatic rings. The van der Waals surface area contributed by atoms with Gasteiger partial charge in [0.1, 0.15) is 16.7 Å². The van der Waals surface area contributed by atoms with Crippen LogP contribution in [0.5, 0.6) is 0 Å². The zero-order chi connectivity index (χ0) is 14.1. The van der Waals surface area contributed by atoms with E-state index in [0.29, 0.717) is 6.54 Å². The fourth-order valence-electron chi connectivity index (χ4n) is 2.51. The van der Waals surface area contributed by atoms with Crippen molar-refractivity contribution < 1.29 is 4.79 Å². The van der Waals surface area contributed by atoms with Crippen LogP contribution in [-0.4, -0.2) is 45.0 Å². The van der Waals surface area contributed by atoms with E-state index < -0.39 is 0 Å². The summed E-state index contributed by atoms with van der Waals surface area (Å²) in [6.45, 7) is 4.11. The van der Waals surface area contributed by atoms with Gasteiger partial charge in [-0.25, -0.2) is 9.97 Å². The molecule has 3 rings (SSSR count). The van der Waals surface area contributed by atoms with Gasteiger partial charge in [0.25, 0.3) is 5.91 Å². The van der Waals surface area contributed by atoms with E-state index >= 15 is 0 Å². The van der Waals surface area contributed by atoms with Gasteiger partial charge < -0.3 is 14.8 Å². The van der Waals surface area contributed by atoms with Crippen LogP contribution in [0.4, 0.5) is 0 Å². The van der Waals surface area contributed by atoms with Crippen molar-refractivity contribution in [2.24, 2.45) is 7.05 Å². The zero-order valence-electron chi connectivity index (χ0n) is 12.4. The Kier molecular flexibility index (Phi) is 6.80. The number of carbonyl (C=O) groups is 1. The van der Waals surface area contributed by atoms with Crippen LogP contribution in [0.1, 0.15) is 27.2 Å². The molecule has 3 heterocycles. The number of nitrogens with zero attached hydrogens (tertiary/aromatic N) is 4. The average molecular weight is 364 g/mol. The summed E-state index contributed by atoms with van der Waals surface area (Å²) >= 11 is 1.40. The van der Waals surface area contributed by atoms with Gasteiger partial charge in [-0.2, -0.15) is 0 Å². The molecule has 1 aliphatic rings. The third-order valence-electron chi connectivity index (χ3n) is 3.60. The number of thiazole rings is 1. The number of carbonyl (C=O) groups excluding carboxylic acids is 1. The second-order valence-electron chi connectivity index (χ2n) is 4.88. The molecule has 2 aromatic heterocycles. The molecule has 1 atom stereocenters. The number of piperazine rings is 1. The maximum atomic E-state index is 12.7. The van der Waals surface area contributed by atoms with E-state index in [1.807, 2.05) is 29.6 Å². The Hall–Kier alpha value is -1.15. The summed E-state index contributed by atoms with van der Waals surface area (Å²) in [5, 5.41) is 3.34. The van der Waals surface area contributed by atoms with Gasteiger partial charge in [0.2, 0.25) is 0 Å². The van der Waals surface area contributed by atoms with E-state index in [1.165, 1.54) is 11.3 Å². The van der Waals surface area contributed by atoms with Crippen LogP contribution in [0.25, 0.3) is 0 Å². The number of hydrogen-bond acceptors (Lipinski definition) is 5. The second-order valence-corrected chi connectivity index (χ2v) is 5.74. The van der Waals surface area contributed by atoms with Gasteiger partial charge in [-0.05, 0) is 6.92 Å². The topological polar surface area (TPSA) is 63.1 Å². The van der Waals surface area contributed by atoms with Gasteiger partial charge in [-0.3, -0.25) is 4.79 Å². The second kappa shape index (κ2) is 7.92. The van der Waals surface area contributed by atoms with Crippen molar-refractivity contribution in [2.75, 3.05) is 19.6 Å². The van der Waals surface area contributed by atoms with Gasteiger partial charge in [-0.1, -0.05) is 0 Å². The highest BCUT2D eigenvalue weighted by atomic mass is 35.5. The molecule has 0 saturated carbocycles. The summed E-state index contributed by atoms with van der Waals surface area (Å²) in [6.07, 6.45) is 3.68. The number of aromatic nitrogens is 3. The van der Waals surface area contributed by atoms with Crippen LogP contribution in [-0.2, 0) is 7.05 Å². The molecule has 6 nitrogen and oxygen atoms in total. The van der Waals surface area contributed by atoms with Crippen molar-refractivity contribution >= 4 is 42.1 Å². The van der Waals surface area contributed by atoms with Crippen molar-refractivity contribution in [1.29, 1.82) is 0 Å². The summed E-state index contributed by atoms with van der Waals surface area (Å²) in [4.78, 5) is 23.9. The summed E-state index contributed by atoms with van der Waals surface area (Å²) in [6, 6.07) is -0.0299. The smallest absolute Gasteiger partial charge is 0.266 e. The van der Waals surface area contributed by atoms with Crippen LogP contribution >= 0.6 is 36.2 Å². The largest absolute Gasteiger partial charge is 0.336 e. The van der Waals surface area contributed by atoms with Gasteiger partial charge in [0, 0.05) is 39.1 Å². The molecule has 1 unspecified atom stereocenters. The summed E-state index contributed by atoms with van der Waals surface area (Å²) in [5.74, 6) is 0.965. The normalized spacial score (nSPS) is 17.5. The Bertz CT molecular complexity index is 629. The number of halogens is 2. The lowest BCUT2D eigenvalue weighted by Gasteiger charge is -2.35. The third-order valence-corrected chi connectivity index (χ3v) is 4.52. The van der Waals surface area contributed by atoms with E-state index in [0.717, 1.165) is 29.5 Å². The van der Waals surface area contributed by atoms with E-state index in [-0.39, 0.29) is 36.8 Å². The van der Waals surface area contributed by atoms with Gasteiger partial charge in [0.05, 0.1) is 11.2 Å². The molecule has 1 saturated heterocycles. The third kappa shape index (κ3) is 3.43. The summed E-state index contributed by atoms with van der Waals surface area (Å²) in [5.41, 5.74) is 2.53. The van der Waals surface area contributed by atoms with Crippen molar-refractivity contribution in [1.82, 2.24) is 24.8 Å². The number of imidazole rings is 1. The number of rotatable bonds is 2. The van der Waals surface area contributed by atoms with Crippen LogP contribution in [0.2, 0.25) is 0 Å². The summed E-state index contributed by atoms with van der Waals surface area (Å²) in [7, 11) is 1.96. The Morgan fingerprint density at radius 2 is 2.18 bits per heavy atom. The number of amides is 1. The van der Waals surface area contributed by atoms with Crippen molar-refractivity contribution in [2.45, 2.75) is 13.0 Å². The molecule has 9 heteroatoms. The molecule has 0 spiro atoms. The lowest BCUT2D eigenvalue weighted by molar-refractivity contribution is 0.0625. The molecule has 0 aliphatic carbocycles. The molecule has 1 aliphatic heterocycles. The maximum Gasteiger partial charge on any atom is 0.266 e. The Balaban J connectivity index is 0.00000121. The van der Waals surface area contributed by atoms with Crippen LogP contribution in [0, 0.1) is 6.92 Å². The fraction of sp³-hybridized carbons (Fsp3) is 0.462. The first-order chi connectivity index (χ1) is 9.68. The molecule has 122 valence electrons. The Morgan fingerprint density at radius 1 is 1.41 bits per heavy atom. The first-order valence-corrected chi connectivity index (χ1v) is 7.45. The quantitative estimate of drug-likeness (QED) is 0.883. The minimum atomic E-state index is -0.0299. The predicted octanol–water partition coefficient (Wildman–Crippen LogP) is 1.82. The van der Waals surface area contributed by atoms with Crippen LogP contribution < -0.4 is 5.32 Å². The molecule has 1 amide bonds. The number of hydrogen-bond donors (Lipinski definition) is 1. The minimum absolute atomic E-state index is 0. The highest BCUT2D eigenvalue weighted by Gasteiger charge is 2.32. The average Bonchev–Trinajstić information content (AvgIpc) is 3.06. The molecule has 0 bridgehead atoms. The Morgan fingerprint density at radius 3 is 2.77 bits per heavy atom. The van der Waals surface area contributed by atoms with E-state index in [1.54, 1.807) is 11.7 Å². The van der Waals surface area contributed by atoms with Crippen LogP contribution in [0.15, 0.2) is 17.9 Å². The molecule has 0 aromatic carbocycles. The number of nitrogens with one attached hydrogen (secondary N) is 1. The van der Waals surface area contributed by atoms with Gasteiger partial charge >= 0.3 is 0 Å². The van der Waals surface area contributed by atoms with Crippen molar-refractivity contribution in [3.05, 3.63) is 34.3 Å². The zero-order valence-corrected chi connectivity index (χ0v) is 14.8. The summed E-state index contributed by atoms with van der Waals surface area (Å²) < 4.78 is 1.97. The monoisotopic (exact) mass is 363 g/mol. The standard InChI is InChI=1S/C13H17N5OS.2ClH/c1-9-11(20-8-16-9)13(19)18-6-3-14-7-10(18)12-15-4-5-17(12)2;;/h4-5,8,10,14H,3,6-7H2,1-2H3;2*1H. The van der Waals surface area contributed by atoms with E-state index in [9.17, 15) is 4.79 Å². The van der Waals surface area contributed by atoms with Gasteiger partial charge in [0.15, 0.2) is 0 Å². The van der Waals surface area contributed by atoms with E-state index in [2.05, 4.69) is 15.3 Å². The SMILES string of the molecule is Cc1ncsc1C(=O)N1CCNCC1c1nccn1C.Cl.Cl. The molecule has 1 N–H and O–H groups in total. The van der Waals surface area contributed by atoms with Gasteiger partial charge in [-0.15, -0.1) is 36.2 Å². The van der Waals surface area contributed by atoms with Crippen molar-refractivity contribution in [3.63, 3.8) is 0 Å². The first kappa shape index (κ1) is 18.9. The lowest BCUT2D eigenvalue weighted by Crippen LogP contribution is -2.49. The molecule has 0 radical (unpaired) electrons. The molecular weight excluding hydrogens is 345 g/mol. The maximum absolute atomic E-state index is 12.7. The Labute approximate surface area is 145 Å². The predicted molar refractivity (Wildman–Crippen MR) is 91.2 cm³/mol. The molecule has 1 fully saturated rings. The first-order valence-electron chi connectivity index (χ1n) is 6.57. The lowest BCUT2D eigenvalue weighted by atomic mass is 10.1. The number of aryl methyl sites for hydroxylation is 2. The fourth-order valence-corrected chi connectivity index (χ4v) is 3.27. The molecule has 22 heavy (non-hydrogen) atoms. The van der Waals surface area contributed by atoms with Crippen LogP contribution in [0.3, 0.4) is 0 Å². The van der Waals surface area contributed by atoms with E-state index in [4.69, 9.17) is 0 Å². The van der Waals surface area contributed by atoms with Crippen molar-refractivity contribution in [3.8, 4) is 0 Å². The highest BCUT2D eigenvalue weighted by molar-refractivity contribution is 7.11. The molecular formula is C13H19Cl2N5OS. The minimum Gasteiger partial charge on any atom is -0.336 e.